The van der Waals surface area contributed by atoms with Crippen LogP contribution in [0.5, 0.6) is 0 Å². The molecular weight excluding hydrogens is 481 g/mol. The number of nitrogens with zero attached hydrogens (tertiary/aromatic N) is 1. The normalized spacial score (nSPS) is 21.3. The molecule has 5 rings (SSSR count). The van der Waals surface area contributed by atoms with Gasteiger partial charge in [0.2, 0.25) is 0 Å². The summed E-state index contributed by atoms with van der Waals surface area (Å²) in [5, 5.41) is 1.03. The molecule has 3 aromatic rings. The van der Waals surface area contributed by atoms with Gasteiger partial charge in [-0.15, -0.1) is 0 Å². The van der Waals surface area contributed by atoms with Crippen LogP contribution in [0.4, 0.5) is 4.39 Å². The molecule has 5 nitrogen and oxygen atoms in total. The van der Waals surface area contributed by atoms with E-state index in [0.29, 0.717) is 18.9 Å². The van der Waals surface area contributed by atoms with Crippen LogP contribution in [0.25, 0.3) is 28.1 Å². The average molecular weight is 518 g/mol. The summed E-state index contributed by atoms with van der Waals surface area (Å²) in [6.07, 6.45) is 6.56. The monoisotopic (exact) mass is 517 g/mol. The highest BCUT2D eigenvalue weighted by atomic mass is 19.1. The third-order valence-corrected chi connectivity index (χ3v) is 6.89. The maximum absolute atomic E-state index is 13.8. The molecule has 2 fully saturated rings. The minimum atomic E-state index is -0.836. The lowest BCUT2D eigenvalue weighted by molar-refractivity contribution is -0.290. The highest BCUT2D eigenvalue weighted by Crippen LogP contribution is 2.45. The van der Waals surface area contributed by atoms with Gasteiger partial charge >= 0.3 is 5.97 Å². The fraction of sp³-hybridized carbons (Fsp3) is 0.438. The first-order chi connectivity index (χ1) is 18.2. The van der Waals surface area contributed by atoms with Crippen molar-refractivity contribution in [3.8, 4) is 11.1 Å². The van der Waals surface area contributed by atoms with E-state index in [1.807, 2.05) is 58.0 Å². The largest absolute Gasteiger partial charge is 0.465 e. The van der Waals surface area contributed by atoms with Gasteiger partial charge in [-0.3, -0.25) is 9.78 Å². The van der Waals surface area contributed by atoms with E-state index in [1.54, 1.807) is 0 Å². The van der Waals surface area contributed by atoms with Crippen molar-refractivity contribution in [3.05, 3.63) is 71.7 Å². The van der Waals surface area contributed by atoms with Gasteiger partial charge in [0.05, 0.1) is 36.4 Å². The summed E-state index contributed by atoms with van der Waals surface area (Å²) in [7, 11) is 0. The molecule has 0 amide bonds. The number of carbonyl (C=O) groups excluding carboxylic acids is 1. The zero-order valence-corrected chi connectivity index (χ0v) is 22.6. The molecule has 2 heterocycles. The van der Waals surface area contributed by atoms with E-state index < -0.39 is 5.79 Å². The van der Waals surface area contributed by atoms with Gasteiger partial charge in [-0.05, 0) is 56.4 Å². The number of para-hydroxylation sites is 1. The molecule has 6 heteroatoms. The number of aromatic nitrogens is 1. The van der Waals surface area contributed by atoms with Crippen LogP contribution in [0.15, 0.2) is 54.6 Å². The van der Waals surface area contributed by atoms with E-state index in [9.17, 15) is 9.18 Å². The lowest BCUT2D eigenvalue weighted by atomic mass is 9.92. The summed E-state index contributed by atoms with van der Waals surface area (Å²) in [6.45, 7) is 8.17. The lowest BCUT2D eigenvalue weighted by Gasteiger charge is -2.39. The summed E-state index contributed by atoms with van der Waals surface area (Å²) in [4.78, 5) is 17.5. The predicted molar refractivity (Wildman–Crippen MR) is 147 cm³/mol. The minimum Gasteiger partial charge on any atom is -0.465 e. The van der Waals surface area contributed by atoms with Crippen LogP contribution in [0.3, 0.4) is 0 Å². The molecule has 1 saturated heterocycles. The zero-order valence-electron chi connectivity index (χ0n) is 22.6. The maximum atomic E-state index is 13.8. The quantitative estimate of drug-likeness (QED) is 0.291. The molecule has 1 aliphatic heterocycles. The van der Waals surface area contributed by atoms with Crippen LogP contribution in [0, 0.1) is 11.7 Å². The smallest absolute Gasteiger partial charge is 0.308 e. The zero-order chi connectivity index (χ0) is 26.9. The number of hydrogen-bond donors (Lipinski definition) is 0. The molecule has 2 aliphatic rings. The predicted octanol–water partition coefficient (Wildman–Crippen LogP) is 7.43. The standard InChI is InChI=1S/C32H36FNO4/c1-20(2)19-36-29(35)18-25-17-24(37-32(3,4)38-25)15-16-27-30(21-11-13-23(33)14-12-21)26-7-5-6-8-28(26)34-31(27)22-9-10-22/h5-8,11-16,20,22,24-25H,9-10,17-19H2,1-4H3. The minimum absolute atomic E-state index is 0.190. The van der Waals surface area contributed by atoms with Crippen LogP contribution in [0.2, 0.25) is 0 Å². The van der Waals surface area contributed by atoms with Crippen LogP contribution in [0.1, 0.15) is 70.6 Å². The number of rotatable bonds is 8. The van der Waals surface area contributed by atoms with Crippen molar-refractivity contribution < 1.29 is 23.4 Å². The third kappa shape index (κ3) is 6.30. The lowest BCUT2D eigenvalue weighted by Crippen LogP contribution is -2.44. The average Bonchev–Trinajstić information content (AvgIpc) is 3.71. The Hall–Kier alpha value is -3.09. The highest BCUT2D eigenvalue weighted by Gasteiger charge is 2.36. The first-order valence-electron chi connectivity index (χ1n) is 13.6. The van der Waals surface area contributed by atoms with E-state index in [1.165, 1.54) is 12.1 Å². The summed E-state index contributed by atoms with van der Waals surface area (Å²) < 4.78 is 31.5. The molecule has 0 N–H and O–H groups in total. The molecule has 2 atom stereocenters. The Morgan fingerprint density at radius 3 is 2.58 bits per heavy atom. The number of fused-ring (bicyclic) bond motifs is 1. The fourth-order valence-corrected chi connectivity index (χ4v) is 5.11. The fourth-order valence-electron chi connectivity index (χ4n) is 5.11. The molecule has 38 heavy (non-hydrogen) atoms. The van der Waals surface area contributed by atoms with Gasteiger partial charge in [-0.25, -0.2) is 4.39 Å². The van der Waals surface area contributed by atoms with Gasteiger partial charge in [-0.2, -0.15) is 0 Å². The van der Waals surface area contributed by atoms with E-state index in [2.05, 4.69) is 18.2 Å². The number of esters is 1. The van der Waals surface area contributed by atoms with Crippen molar-refractivity contribution in [2.24, 2.45) is 5.92 Å². The number of carbonyl (C=O) groups is 1. The second-order valence-corrected chi connectivity index (χ2v) is 11.3. The number of benzene rings is 2. The Morgan fingerprint density at radius 2 is 1.87 bits per heavy atom. The Morgan fingerprint density at radius 1 is 1.13 bits per heavy atom. The van der Waals surface area contributed by atoms with E-state index in [0.717, 1.165) is 46.1 Å². The topological polar surface area (TPSA) is 57.7 Å². The van der Waals surface area contributed by atoms with Gasteiger partial charge in [0.1, 0.15) is 5.82 Å². The van der Waals surface area contributed by atoms with Crippen LogP contribution < -0.4 is 0 Å². The molecule has 1 aliphatic carbocycles. The number of ether oxygens (including phenoxy) is 3. The Labute approximate surface area is 224 Å². The van der Waals surface area contributed by atoms with Gasteiger partial charge in [0.25, 0.3) is 0 Å². The van der Waals surface area contributed by atoms with Crippen molar-refractivity contribution in [1.29, 1.82) is 0 Å². The van der Waals surface area contributed by atoms with Crippen molar-refractivity contribution in [2.45, 2.75) is 77.3 Å². The molecule has 0 bridgehead atoms. The van der Waals surface area contributed by atoms with Crippen molar-refractivity contribution in [2.75, 3.05) is 6.61 Å². The molecular formula is C32H36FNO4. The van der Waals surface area contributed by atoms with Crippen molar-refractivity contribution in [1.82, 2.24) is 4.98 Å². The summed E-state index contributed by atoms with van der Waals surface area (Å²) in [6, 6.07) is 14.8. The van der Waals surface area contributed by atoms with Gasteiger partial charge < -0.3 is 14.2 Å². The Kier molecular flexibility index (Phi) is 7.64. The first-order valence-corrected chi connectivity index (χ1v) is 13.6. The number of halogens is 1. The molecule has 2 unspecified atom stereocenters. The van der Waals surface area contributed by atoms with Crippen LogP contribution in [-0.4, -0.2) is 35.6 Å². The van der Waals surface area contributed by atoms with E-state index in [4.69, 9.17) is 19.2 Å². The first kappa shape index (κ1) is 26.5. The van der Waals surface area contributed by atoms with Gasteiger partial charge in [0.15, 0.2) is 5.79 Å². The molecule has 0 spiro atoms. The highest BCUT2D eigenvalue weighted by molar-refractivity contribution is 5.99. The van der Waals surface area contributed by atoms with E-state index >= 15 is 0 Å². The molecule has 0 radical (unpaired) electrons. The number of pyridine rings is 1. The molecule has 200 valence electrons. The van der Waals surface area contributed by atoms with Crippen molar-refractivity contribution in [3.63, 3.8) is 0 Å². The summed E-state index contributed by atoms with van der Waals surface area (Å²) in [5.41, 5.74) is 5.05. The Bertz CT molecular complexity index is 1330. The molecule has 2 aromatic carbocycles. The second kappa shape index (κ2) is 11.0. The third-order valence-electron chi connectivity index (χ3n) is 6.89. The maximum Gasteiger partial charge on any atom is 0.308 e. The molecule has 1 saturated carbocycles. The summed E-state index contributed by atoms with van der Waals surface area (Å²) in [5.74, 6) is -0.654. The SMILES string of the molecule is CC(C)COC(=O)CC1CC(C=Cc2c(C3CC3)nc3ccccc3c2-c2ccc(F)cc2)OC(C)(C)O1. The molecule has 1 aromatic heterocycles. The van der Waals surface area contributed by atoms with Crippen molar-refractivity contribution >= 4 is 22.9 Å². The van der Waals surface area contributed by atoms with Crippen LogP contribution >= 0.6 is 0 Å². The Balaban J connectivity index is 1.49. The van der Waals surface area contributed by atoms with Crippen LogP contribution in [-0.2, 0) is 19.0 Å². The second-order valence-electron chi connectivity index (χ2n) is 11.3. The van der Waals surface area contributed by atoms with E-state index in [-0.39, 0.29) is 36.3 Å². The summed E-state index contributed by atoms with van der Waals surface area (Å²) >= 11 is 0. The number of hydrogen-bond acceptors (Lipinski definition) is 5. The van der Waals surface area contributed by atoms with Gasteiger partial charge in [-0.1, -0.05) is 56.3 Å². The van der Waals surface area contributed by atoms with Gasteiger partial charge in [0, 0.05) is 28.9 Å².